The number of hydrogen-bond donors (Lipinski definition) is 3. The second kappa shape index (κ2) is 10.8. The summed E-state index contributed by atoms with van der Waals surface area (Å²) in [4.78, 5) is 22.4. The van der Waals surface area contributed by atoms with Gasteiger partial charge in [-0.1, -0.05) is 26.0 Å². The number of likely N-dealkylation sites (N-methyl/N-ethyl adjacent to an activating group) is 1. The highest BCUT2D eigenvalue weighted by Gasteiger charge is 2.36. The molecule has 0 saturated heterocycles. The Labute approximate surface area is 206 Å². The van der Waals surface area contributed by atoms with E-state index in [1.807, 2.05) is 0 Å². The number of ether oxygens (including phenoxy) is 1. The van der Waals surface area contributed by atoms with Crippen LogP contribution in [0.15, 0.2) is 48.7 Å². The highest BCUT2D eigenvalue weighted by Crippen LogP contribution is 2.36. The van der Waals surface area contributed by atoms with Crippen molar-refractivity contribution in [2.45, 2.75) is 26.6 Å². The third kappa shape index (κ3) is 5.85. The molecule has 4 rings (SSSR count). The number of benzene rings is 2. The van der Waals surface area contributed by atoms with Gasteiger partial charge in [-0.2, -0.15) is 18.2 Å². The van der Waals surface area contributed by atoms with Crippen molar-refractivity contribution in [2.24, 2.45) is 0 Å². The van der Waals surface area contributed by atoms with Crippen LogP contribution in [0.2, 0.25) is 0 Å². The summed E-state index contributed by atoms with van der Waals surface area (Å²) in [6, 6.07) is 11.9. The van der Waals surface area contributed by atoms with Crippen molar-refractivity contribution in [3.63, 3.8) is 0 Å². The zero-order chi connectivity index (χ0) is 25.7. The zero-order valence-electron chi connectivity index (χ0n) is 19.9. The van der Waals surface area contributed by atoms with E-state index in [1.165, 1.54) is 6.07 Å². The molecule has 0 saturated carbocycles. The van der Waals surface area contributed by atoms with Crippen LogP contribution in [-0.2, 0) is 12.7 Å². The minimum absolute atomic E-state index is 0.0299. The minimum atomic E-state index is -4.69. The molecule has 2 aromatic carbocycles. The molecular weight excluding hydrogens is 473 g/mol. The predicted octanol–water partition coefficient (Wildman–Crippen LogP) is 4.95. The highest BCUT2D eigenvalue weighted by molar-refractivity contribution is 6.04. The van der Waals surface area contributed by atoms with Crippen molar-refractivity contribution in [3.8, 4) is 5.75 Å². The summed E-state index contributed by atoms with van der Waals surface area (Å²) in [5.41, 5.74) is 0.780. The molecule has 1 aliphatic rings. The van der Waals surface area contributed by atoms with Crippen LogP contribution in [-0.4, -0.2) is 47.0 Å². The number of carbonyl (C=O) groups is 1. The number of nitrogens with one attached hydrogen (secondary N) is 3. The van der Waals surface area contributed by atoms with Crippen molar-refractivity contribution in [2.75, 3.05) is 36.9 Å². The first-order valence-corrected chi connectivity index (χ1v) is 11.6. The number of fused-ring (bicyclic) bond motifs is 1. The van der Waals surface area contributed by atoms with Crippen molar-refractivity contribution < 1.29 is 22.7 Å². The Balaban J connectivity index is 1.51. The number of hydrogen-bond acceptors (Lipinski definition) is 7. The summed E-state index contributed by atoms with van der Waals surface area (Å²) < 4.78 is 46.8. The Bertz CT molecular complexity index is 1210. The summed E-state index contributed by atoms with van der Waals surface area (Å²) in [6.45, 7) is 7.77. The van der Waals surface area contributed by atoms with Crippen LogP contribution in [0.5, 0.6) is 5.75 Å². The summed E-state index contributed by atoms with van der Waals surface area (Å²) in [5, 5.41) is 8.28. The Hall–Kier alpha value is -3.86. The Kier molecular flexibility index (Phi) is 7.58. The molecule has 11 heteroatoms. The van der Waals surface area contributed by atoms with E-state index in [-0.39, 0.29) is 17.5 Å². The lowest BCUT2D eigenvalue weighted by atomic mass is 10.1. The second-order valence-electron chi connectivity index (χ2n) is 8.13. The number of rotatable bonds is 10. The molecule has 1 aliphatic heterocycles. The summed E-state index contributed by atoms with van der Waals surface area (Å²) >= 11 is 0. The molecule has 0 unspecified atom stereocenters. The number of anilines is 4. The zero-order valence-corrected chi connectivity index (χ0v) is 19.9. The Morgan fingerprint density at radius 2 is 1.83 bits per heavy atom. The molecule has 0 atom stereocenters. The monoisotopic (exact) mass is 500 g/mol. The first-order chi connectivity index (χ1) is 17.3. The van der Waals surface area contributed by atoms with Gasteiger partial charge in [-0.3, -0.25) is 4.79 Å². The van der Waals surface area contributed by atoms with E-state index in [9.17, 15) is 18.0 Å². The number of carbonyl (C=O) groups excluding carboxylic acids is 1. The molecule has 1 amide bonds. The normalized spacial score (nSPS) is 12.9. The molecule has 2 heterocycles. The molecule has 190 valence electrons. The average Bonchev–Trinajstić information content (AvgIpc) is 3.24. The van der Waals surface area contributed by atoms with Crippen LogP contribution < -0.4 is 20.7 Å². The predicted molar refractivity (Wildman–Crippen MR) is 131 cm³/mol. The van der Waals surface area contributed by atoms with Gasteiger partial charge in [-0.15, -0.1) is 0 Å². The SMILES string of the molecule is CCN(CC)CCOc1ccc(Nc2ncc(C(F)(F)F)c(Nc3cccc4c3C(=O)NC4)n2)cc1. The molecule has 8 nitrogen and oxygen atoms in total. The molecule has 36 heavy (non-hydrogen) atoms. The van der Waals surface area contributed by atoms with Gasteiger partial charge in [0.2, 0.25) is 5.95 Å². The van der Waals surface area contributed by atoms with Crippen molar-refractivity contribution in [1.29, 1.82) is 0 Å². The van der Waals surface area contributed by atoms with E-state index in [2.05, 4.69) is 44.7 Å². The van der Waals surface area contributed by atoms with Gasteiger partial charge >= 0.3 is 6.18 Å². The maximum absolute atomic E-state index is 13.7. The number of nitrogens with zero attached hydrogens (tertiary/aromatic N) is 3. The highest BCUT2D eigenvalue weighted by atomic mass is 19.4. The van der Waals surface area contributed by atoms with Crippen molar-refractivity contribution >= 4 is 29.0 Å². The molecule has 0 bridgehead atoms. The number of aromatic nitrogens is 2. The summed E-state index contributed by atoms with van der Waals surface area (Å²) in [5.74, 6) is -0.157. The molecular formula is C25H27F3N6O2. The van der Waals surface area contributed by atoms with E-state index in [1.54, 1.807) is 36.4 Å². The van der Waals surface area contributed by atoms with E-state index in [0.717, 1.165) is 19.6 Å². The molecule has 0 radical (unpaired) electrons. The fourth-order valence-corrected chi connectivity index (χ4v) is 3.85. The molecule has 3 aromatic rings. The van der Waals surface area contributed by atoms with Gasteiger partial charge in [0, 0.05) is 25.0 Å². The molecule has 0 aliphatic carbocycles. The van der Waals surface area contributed by atoms with Crippen LogP contribution in [0.3, 0.4) is 0 Å². The largest absolute Gasteiger partial charge is 0.492 e. The number of alkyl halides is 3. The molecule has 0 fully saturated rings. The summed E-state index contributed by atoms with van der Waals surface area (Å²) in [7, 11) is 0. The number of amides is 1. The van der Waals surface area contributed by atoms with Crippen molar-refractivity contribution in [1.82, 2.24) is 20.2 Å². The topological polar surface area (TPSA) is 91.4 Å². The van der Waals surface area contributed by atoms with Crippen LogP contribution >= 0.6 is 0 Å². The van der Waals surface area contributed by atoms with Crippen LogP contribution in [0.4, 0.5) is 36.3 Å². The van der Waals surface area contributed by atoms with Crippen LogP contribution in [0, 0.1) is 0 Å². The lowest BCUT2D eigenvalue weighted by Gasteiger charge is -2.18. The van der Waals surface area contributed by atoms with Crippen LogP contribution in [0.1, 0.15) is 35.3 Å². The number of halogens is 3. The maximum atomic E-state index is 13.7. The van der Waals surface area contributed by atoms with E-state index in [4.69, 9.17) is 4.74 Å². The maximum Gasteiger partial charge on any atom is 0.421 e. The van der Waals surface area contributed by atoms with Crippen molar-refractivity contribution in [3.05, 3.63) is 65.4 Å². The third-order valence-corrected chi connectivity index (χ3v) is 5.85. The standard InChI is InChI=1S/C25H27F3N6O2/c1-3-34(4-2)12-13-36-18-10-8-17(9-11-18)31-24-30-15-19(25(26,27)28)22(33-24)32-20-7-5-6-16-14-29-23(35)21(16)20/h5-11,15H,3-4,12-14H2,1-2H3,(H,29,35)(H2,30,31,32,33). The Morgan fingerprint density at radius 3 is 2.53 bits per heavy atom. The van der Waals surface area contributed by atoms with Crippen LogP contribution in [0.25, 0.3) is 0 Å². The van der Waals surface area contributed by atoms with Gasteiger partial charge in [0.25, 0.3) is 5.91 Å². The van der Waals surface area contributed by atoms with Gasteiger partial charge in [0.05, 0.1) is 11.3 Å². The molecule has 0 spiro atoms. The van der Waals surface area contributed by atoms with E-state index in [0.29, 0.717) is 41.9 Å². The Morgan fingerprint density at radius 1 is 1.08 bits per heavy atom. The fourth-order valence-electron chi connectivity index (χ4n) is 3.85. The molecule has 1 aromatic heterocycles. The first-order valence-electron chi connectivity index (χ1n) is 11.6. The fraction of sp³-hybridized carbons (Fsp3) is 0.320. The lowest BCUT2D eigenvalue weighted by molar-refractivity contribution is -0.137. The lowest BCUT2D eigenvalue weighted by Crippen LogP contribution is -2.27. The third-order valence-electron chi connectivity index (χ3n) is 5.85. The second-order valence-corrected chi connectivity index (χ2v) is 8.13. The minimum Gasteiger partial charge on any atom is -0.492 e. The summed E-state index contributed by atoms with van der Waals surface area (Å²) in [6.07, 6.45) is -3.98. The quantitative estimate of drug-likeness (QED) is 0.363. The van der Waals surface area contributed by atoms with Gasteiger partial charge < -0.3 is 25.6 Å². The average molecular weight is 501 g/mol. The van der Waals surface area contributed by atoms with E-state index >= 15 is 0 Å². The van der Waals surface area contributed by atoms with Gasteiger partial charge in [-0.05, 0) is 49.0 Å². The van der Waals surface area contributed by atoms with Gasteiger partial charge in [-0.25, -0.2) is 4.98 Å². The smallest absolute Gasteiger partial charge is 0.421 e. The van der Waals surface area contributed by atoms with E-state index < -0.39 is 17.6 Å². The van der Waals surface area contributed by atoms with Gasteiger partial charge in [0.1, 0.15) is 23.7 Å². The van der Waals surface area contributed by atoms with Gasteiger partial charge in [0.15, 0.2) is 0 Å². The first kappa shape index (κ1) is 25.2. The molecule has 3 N–H and O–H groups in total.